The maximum atomic E-state index is 12.2. The average molecular weight is 202 g/mol. The minimum absolute atomic E-state index is 0.469. The van der Waals surface area contributed by atoms with Crippen LogP contribution in [0.3, 0.4) is 0 Å². The highest BCUT2D eigenvalue weighted by atomic mass is 35.5. The van der Waals surface area contributed by atoms with Gasteiger partial charge in [-0.3, -0.25) is 0 Å². The van der Waals surface area contributed by atoms with Crippen molar-refractivity contribution < 1.29 is 17.9 Å². The molecule has 0 aliphatic carbocycles. The molecule has 0 amide bonds. The van der Waals surface area contributed by atoms with E-state index in [-0.39, 0.29) is 0 Å². The molecule has 70 valence electrons. The summed E-state index contributed by atoms with van der Waals surface area (Å²) >= 11 is 5.55. The summed E-state index contributed by atoms with van der Waals surface area (Å²) < 4.78 is 37.6. The molecule has 6 heteroatoms. The van der Waals surface area contributed by atoms with Crippen molar-refractivity contribution in [3.63, 3.8) is 0 Å². The second-order valence-corrected chi connectivity index (χ2v) is 3.36. The normalized spacial score (nSPS) is 36.8. The molecular formula is C6H9ClF3N2+. The van der Waals surface area contributed by atoms with Gasteiger partial charge in [-0.15, -0.1) is 16.3 Å². The molecule has 0 aromatic carbocycles. The quantitative estimate of drug-likeness (QED) is 0.421. The van der Waals surface area contributed by atoms with Gasteiger partial charge < -0.3 is 0 Å². The molecule has 0 aromatic heterocycles. The van der Waals surface area contributed by atoms with Crippen LogP contribution in [-0.2, 0) is 0 Å². The van der Waals surface area contributed by atoms with Crippen LogP contribution in [-0.4, -0.2) is 35.4 Å². The number of hydrogen-bond donors (Lipinski definition) is 0. The summed E-state index contributed by atoms with van der Waals surface area (Å²) in [6, 6.07) is -2.11. The first-order chi connectivity index (χ1) is 5.34. The van der Waals surface area contributed by atoms with Gasteiger partial charge in [0, 0.05) is 0 Å². The summed E-state index contributed by atoms with van der Waals surface area (Å²) in [6.07, 6.45) is -4.30. The molecule has 0 bridgehead atoms. The molecule has 0 saturated carbocycles. The van der Waals surface area contributed by atoms with Crippen LogP contribution in [0.15, 0.2) is 5.11 Å². The maximum Gasteiger partial charge on any atom is 0.455 e. The molecule has 3 atom stereocenters. The van der Waals surface area contributed by atoms with Crippen molar-refractivity contribution in [1.82, 2.24) is 0 Å². The van der Waals surface area contributed by atoms with Gasteiger partial charge >= 0.3 is 6.18 Å². The van der Waals surface area contributed by atoms with Crippen LogP contribution >= 0.6 is 11.6 Å². The van der Waals surface area contributed by atoms with Crippen molar-refractivity contribution in [3.05, 3.63) is 0 Å². The third-order valence-corrected chi connectivity index (χ3v) is 2.47. The Morgan fingerprint density at radius 1 is 1.42 bits per heavy atom. The Hall–Kier alpha value is -0.320. The molecule has 0 radical (unpaired) electrons. The Labute approximate surface area is 73.0 Å². The Morgan fingerprint density at radius 2 is 1.92 bits per heavy atom. The largest absolute Gasteiger partial charge is 0.455 e. The summed E-state index contributed by atoms with van der Waals surface area (Å²) in [5.74, 6) is 0. The first kappa shape index (κ1) is 9.77. The minimum Gasteiger partial charge on any atom is -0.164 e. The summed E-state index contributed by atoms with van der Waals surface area (Å²) in [6.45, 7) is 1.57. The number of rotatable bonds is 0. The predicted molar refractivity (Wildman–Crippen MR) is 37.6 cm³/mol. The van der Waals surface area contributed by atoms with E-state index in [1.54, 1.807) is 6.92 Å². The third-order valence-electron chi connectivity index (χ3n) is 1.86. The monoisotopic (exact) mass is 201 g/mol. The second kappa shape index (κ2) is 2.87. The molecule has 1 aliphatic rings. The van der Waals surface area contributed by atoms with Gasteiger partial charge in [0.1, 0.15) is 11.4 Å². The minimum atomic E-state index is -4.30. The van der Waals surface area contributed by atoms with E-state index in [2.05, 4.69) is 5.11 Å². The topological polar surface area (TPSA) is 15.4 Å². The highest BCUT2D eigenvalue weighted by Crippen LogP contribution is 2.33. The smallest absolute Gasteiger partial charge is 0.164 e. The van der Waals surface area contributed by atoms with E-state index in [4.69, 9.17) is 11.6 Å². The molecule has 0 fully saturated rings. The van der Waals surface area contributed by atoms with Crippen LogP contribution in [0, 0.1) is 0 Å². The van der Waals surface area contributed by atoms with E-state index < -0.39 is 23.6 Å². The van der Waals surface area contributed by atoms with E-state index in [1.807, 2.05) is 0 Å². The Kier molecular flexibility index (Phi) is 2.33. The zero-order chi connectivity index (χ0) is 9.52. The van der Waals surface area contributed by atoms with Crippen molar-refractivity contribution in [1.29, 1.82) is 0 Å². The molecule has 3 unspecified atom stereocenters. The van der Waals surface area contributed by atoms with Crippen LogP contribution in [0.5, 0.6) is 0 Å². The fraction of sp³-hybridized carbons (Fsp3) is 1.00. The standard InChI is InChI=1S/C6H9ClF3N2/c1-3-4(7)5(6(8,9)10)12(2)11-3/h3-5H,1-2H3/q+1. The van der Waals surface area contributed by atoms with Crippen molar-refractivity contribution >= 4 is 11.6 Å². The Morgan fingerprint density at radius 3 is 2.08 bits per heavy atom. The summed E-state index contributed by atoms with van der Waals surface area (Å²) in [5.41, 5.74) is 0. The third kappa shape index (κ3) is 1.55. The Balaban J connectivity index is 2.87. The molecule has 0 saturated heterocycles. The van der Waals surface area contributed by atoms with Gasteiger partial charge in [-0.05, 0) is 12.0 Å². The van der Waals surface area contributed by atoms with Crippen LogP contribution in [0.2, 0.25) is 0 Å². The number of halogens is 4. The summed E-state index contributed by atoms with van der Waals surface area (Å²) in [5, 5.41) is 2.72. The van der Waals surface area contributed by atoms with Gasteiger partial charge in [0.05, 0.1) is 0 Å². The number of azo groups is 2. The molecule has 0 spiro atoms. The van der Waals surface area contributed by atoms with Crippen molar-refractivity contribution in [2.45, 2.75) is 30.6 Å². The lowest BCUT2D eigenvalue weighted by atomic mass is 10.1. The van der Waals surface area contributed by atoms with E-state index in [9.17, 15) is 13.2 Å². The number of nitrogens with zero attached hydrogens (tertiary/aromatic N) is 2. The summed E-state index contributed by atoms with van der Waals surface area (Å²) in [7, 11) is 1.29. The van der Waals surface area contributed by atoms with Crippen molar-refractivity contribution in [2.75, 3.05) is 7.05 Å². The van der Waals surface area contributed by atoms with Crippen LogP contribution in [0.25, 0.3) is 0 Å². The van der Waals surface area contributed by atoms with Gasteiger partial charge in [-0.2, -0.15) is 13.2 Å². The molecule has 0 N–H and O–H groups in total. The lowest BCUT2D eigenvalue weighted by molar-refractivity contribution is -0.618. The van der Waals surface area contributed by atoms with Crippen LogP contribution < -0.4 is 0 Å². The molecule has 2 nitrogen and oxygen atoms in total. The lowest BCUT2D eigenvalue weighted by Gasteiger charge is -2.13. The van der Waals surface area contributed by atoms with E-state index >= 15 is 0 Å². The van der Waals surface area contributed by atoms with Gasteiger partial charge in [-0.25, -0.2) is 0 Å². The zero-order valence-electron chi connectivity index (χ0n) is 6.64. The van der Waals surface area contributed by atoms with Gasteiger partial charge in [0.2, 0.25) is 0 Å². The van der Waals surface area contributed by atoms with Gasteiger partial charge in [0.25, 0.3) is 6.04 Å². The van der Waals surface area contributed by atoms with Crippen LogP contribution in [0.1, 0.15) is 6.92 Å². The maximum absolute atomic E-state index is 12.2. The first-order valence-corrected chi connectivity index (χ1v) is 3.92. The fourth-order valence-electron chi connectivity index (χ4n) is 1.29. The summed E-state index contributed by atoms with van der Waals surface area (Å²) in [4.78, 5) is 0. The molecular weight excluding hydrogens is 193 g/mol. The fourth-order valence-corrected chi connectivity index (χ4v) is 1.64. The highest BCUT2D eigenvalue weighted by molar-refractivity contribution is 6.21. The van der Waals surface area contributed by atoms with Gasteiger partial charge in [0.15, 0.2) is 7.05 Å². The molecule has 0 aromatic rings. The predicted octanol–water partition coefficient (Wildman–Crippen LogP) is 2.02. The number of hydrogen-bond acceptors (Lipinski definition) is 1. The van der Waals surface area contributed by atoms with Crippen molar-refractivity contribution in [3.8, 4) is 0 Å². The zero-order valence-corrected chi connectivity index (χ0v) is 7.39. The SMILES string of the molecule is CC1N=[N+](C)C(C(F)(F)F)C1Cl. The molecule has 12 heavy (non-hydrogen) atoms. The van der Waals surface area contributed by atoms with Crippen LogP contribution in [0.4, 0.5) is 13.2 Å². The first-order valence-electron chi connectivity index (χ1n) is 3.48. The number of alkyl halides is 4. The Bertz CT molecular complexity index is 213. The van der Waals surface area contributed by atoms with E-state index in [1.165, 1.54) is 7.05 Å². The van der Waals surface area contributed by atoms with E-state index in [0.29, 0.717) is 0 Å². The molecule has 1 rings (SSSR count). The molecule has 1 heterocycles. The lowest BCUT2D eigenvalue weighted by Crippen LogP contribution is -2.42. The highest BCUT2D eigenvalue weighted by Gasteiger charge is 2.58. The second-order valence-electron chi connectivity index (χ2n) is 2.86. The van der Waals surface area contributed by atoms with Gasteiger partial charge in [-0.1, -0.05) is 0 Å². The van der Waals surface area contributed by atoms with E-state index in [0.717, 1.165) is 4.70 Å². The molecule has 1 aliphatic heterocycles. The average Bonchev–Trinajstić information content (AvgIpc) is 2.05. The van der Waals surface area contributed by atoms with Crippen molar-refractivity contribution in [2.24, 2.45) is 5.11 Å².